The molecule has 2 nitrogen and oxygen atoms in total. The molecule has 0 aromatic heterocycles. The third kappa shape index (κ3) is 4.03. The zero-order valence-electron chi connectivity index (χ0n) is 8.76. The Morgan fingerprint density at radius 3 is 2.50 bits per heavy atom. The van der Waals surface area contributed by atoms with E-state index in [1.54, 1.807) is 20.8 Å². The summed E-state index contributed by atoms with van der Waals surface area (Å²) in [6.07, 6.45) is 2.54. The van der Waals surface area contributed by atoms with Gasteiger partial charge in [0.25, 0.3) is 0 Å². The first-order valence-electron chi connectivity index (χ1n) is 4.37. The Labute approximate surface area is 83.8 Å². The van der Waals surface area contributed by atoms with Gasteiger partial charge in [0.2, 0.25) is 0 Å². The summed E-state index contributed by atoms with van der Waals surface area (Å²) in [5.74, 6) is -0.864. The van der Waals surface area contributed by atoms with Crippen LogP contribution in [-0.2, 0) is 9.53 Å². The van der Waals surface area contributed by atoms with Crippen LogP contribution in [0.15, 0.2) is 35.7 Å². The molecule has 3 heteroatoms. The second-order valence-corrected chi connectivity index (χ2v) is 2.78. The fourth-order valence-electron chi connectivity index (χ4n) is 0.859. The fraction of sp³-hybridized carbons (Fsp3) is 0.364. The number of esters is 1. The van der Waals surface area contributed by atoms with E-state index in [-0.39, 0.29) is 0 Å². The van der Waals surface area contributed by atoms with Crippen LogP contribution in [0.25, 0.3) is 0 Å². The zero-order valence-corrected chi connectivity index (χ0v) is 8.76. The van der Waals surface area contributed by atoms with E-state index in [0.29, 0.717) is 17.8 Å². The molecule has 0 spiro atoms. The van der Waals surface area contributed by atoms with Gasteiger partial charge in [-0.1, -0.05) is 6.58 Å². The standard InChI is InChI=1S/C11H15FO2/c1-5-10(12)8(3)7-9(4)11(13)14-6-2/h5,7H,1,6H2,2-4H3/b9-7+,10-8-. The molecule has 0 bridgehead atoms. The van der Waals surface area contributed by atoms with Crippen LogP contribution in [0.4, 0.5) is 4.39 Å². The molecule has 0 aromatic rings. The van der Waals surface area contributed by atoms with Crippen molar-refractivity contribution in [3.05, 3.63) is 35.7 Å². The summed E-state index contributed by atoms with van der Waals surface area (Å²) in [5.41, 5.74) is 0.743. The van der Waals surface area contributed by atoms with Gasteiger partial charge in [-0.3, -0.25) is 0 Å². The topological polar surface area (TPSA) is 26.3 Å². The quantitative estimate of drug-likeness (QED) is 0.394. The number of hydrogen-bond acceptors (Lipinski definition) is 2. The van der Waals surface area contributed by atoms with E-state index >= 15 is 0 Å². The van der Waals surface area contributed by atoms with Gasteiger partial charge in [0, 0.05) is 5.57 Å². The van der Waals surface area contributed by atoms with Crippen molar-refractivity contribution >= 4 is 5.97 Å². The summed E-state index contributed by atoms with van der Waals surface area (Å²) < 4.78 is 17.6. The van der Waals surface area contributed by atoms with Gasteiger partial charge < -0.3 is 4.74 Å². The van der Waals surface area contributed by atoms with Gasteiger partial charge in [0.15, 0.2) is 0 Å². The number of carbonyl (C=O) groups excluding carboxylic acids is 1. The third-order valence-corrected chi connectivity index (χ3v) is 1.59. The number of hydrogen-bond donors (Lipinski definition) is 0. The van der Waals surface area contributed by atoms with Gasteiger partial charge in [-0.15, -0.1) is 0 Å². The van der Waals surface area contributed by atoms with Crippen molar-refractivity contribution < 1.29 is 13.9 Å². The van der Waals surface area contributed by atoms with Crippen LogP contribution in [0.5, 0.6) is 0 Å². The van der Waals surface area contributed by atoms with E-state index in [1.807, 2.05) is 0 Å². The van der Waals surface area contributed by atoms with Crippen molar-refractivity contribution in [1.29, 1.82) is 0 Å². The van der Waals surface area contributed by atoms with Crippen LogP contribution in [0.1, 0.15) is 20.8 Å². The molecule has 0 fully saturated rings. The summed E-state index contributed by atoms with van der Waals surface area (Å²) in [4.78, 5) is 11.1. The maximum Gasteiger partial charge on any atom is 0.333 e. The Balaban J connectivity index is 4.67. The highest BCUT2D eigenvalue weighted by atomic mass is 19.1. The molecule has 0 aromatic carbocycles. The van der Waals surface area contributed by atoms with Gasteiger partial charge in [0.1, 0.15) is 5.83 Å². The lowest BCUT2D eigenvalue weighted by atomic mass is 10.2. The second kappa shape index (κ2) is 6.13. The Bertz CT molecular complexity index is 288. The smallest absolute Gasteiger partial charge is 0.333 e. The SMILES string of the molecule is C=C/C(F)=C(C)/C=C(\C)C(=O)OCC. The third-order valence-electron chi connectivity index (χ3n) is 1.59. The minimum absolute atomic E-state index is 0.316. The van der Waals surface area contributed by atoms with Crippen LogP contribution in [0.3, 0.4) is 0 Å². The summed E-state index contributed by atoms with van der Waals surface area (Å²) >= 11 is 0. The highest BCUT2D eigenvalue weighted by Gasteiger charge is 2.04. The van der Waals surface area contributed by atoms with Crippen molar-refractivity contribution in [3.63, 3.8) is 0 Å². The van der Waals surface area contributed by atoms with Crippen molar-refractivity contribution in [2.45, 2.75) is 20.8 Å². The number of rotatable bonds is 4. The van der Waals surface area contributed by atoms with Crippen LogP contribution >= 0.6 is 0 Å². The van der Waals surface area contributed by atoms with E-state index in [0.717, 1.165) is 6.08 Å². The molecule has 0 aliphatic rings. The molecule has 0 saturated heterocycles. The Hall–Kier alpha value is -1.38. The summed E-state index contributed by atoms with van der Waals surface area (Å²) in [7, 11) is 0. The lowest BCUT2D eigenvalue weighted by Gasteiger charge is -2.01. The first kappa shape index (κ1) is 12.6. The van der Waals surface area contributed by atoms with Gasteiger partial charge in [0.05, 0.1) is 6.61 Å². The molecule has 78 valence electrons. The molecular weight excluding hydrogens is 183 g/mol. The minimum atomic E-state index is -0.436. The van der Waals surface area contributed by atoms with E-state index in [1.165, 1.54) is 6.08 Å². The average Bonchev–Trinajstić information content (AvgIpc) is 2.16. The van der Waals surface area contributed by atoms with E-state index in [2.05, 4.69) is 6.58 Å². The summed E-state index contributed by atoms with van der Waals surface area (Å²) in [5, 5.41) is 0. The Morgan fingerprint density at radius 1 is 1.50 bits per heavy atom. The number of carbonyl (C=O) groups is 1. The Kier molecular flexibility index (Phi) is 5.53. The molecule has 0 atom stereocenters. The highest BCUT2D eigenvalue weighted by molar-refractivity contribution is 5.88. The van der Waals surface area contributed by atoms with Crippen molar-refractivity contribution in [3.8, 4) is 0 Å². The summed E-state index contributed by atoms with van der Waals surface area (Å²) in [6, 6.07) is 0. The van der Waals surface area contributed by atoms with Crippen molar-refractivity contribution in [2.75, 3.05) is 6.61 Å². The minimum Gasteiger partial charge on any atom is -0.463 e. The Morgan fingerprint density at radius 2 is 2.07 bits per heavy atom. The zero-order chi connectivity index (χ0) is 11.1. The summed E-state index contributed by atoms with van der Waals surface area (Å²) in [6.45, 7) is 8.48. The highest BCUT2D eigenvalue weighted by Crippen LogP contribution is 2.11. The van der Waals surface area contributed by atoms with Crippen LogP contribution < -0.4 is 0 Å². The molecule has 0 aliphatic heterocycles. The normalized spacial score (nSPS) is 13.3. The van der Waals surface area contributed by atoms with E-state index in [9.17, 15) is 9.18 Å². The van der Waals surface area contributed by atoms with Crippen molar-refractivity contribution in [2.24, 2.45) is 0 Å². The fourth-order valence-corrected chi connectivity index (χ4v) is 0.859. The first-order valence-corrected chi connectivity index (χ1v) is 4.37. The number of allylic oxidation sites excluding steroid dienone is 4. The molecule has 0 amide bonds. The maximum atomic E-state index is 12.9. The second-order valence-electron chi connectivity index (χ2n) is 2.78. The predicted molar refractivity (Wildman–Crippen MR) is 54.4 cm³/mol. The van der Waals surface area contributed by atoms with Crippen LogP contribution in [0, 0.1) is 0 Å². The van der Waals surface area contributed by atoms with Gasteiger partial charge in [-0.25, -0.2) is 9.18 Å². The van der Waals surface area contributed by atoms with Gasteiger partial charge in [-0.2, -0.15) is 0 Å². The molecule has 0 rings (SSSR count). The maximum absolute atomic E-state index is 12.9. The molecule has 0 heterocycles. The largest absolute Gasteiger partial charge is 0.463 e. The molecule has 14 heavy (non-hydrogen) atoms. The molecule has 0 N–H and O–H groups in total. The van der Waals surface area contributed by atoms with E-state index in [4.69, 9.17) is 4.74 Å². The monoisotopic (exact) mass is 198 g/mol. The lowest BCUT2D eigenvalue weighted by molar-refractivity contribution is -0.138. The first-order chi connectivity index (χ1) is 6.52. The molecule has 0 aliphatic carbocycles. The molecule has 0 unspecified atom stereocenters. The number of ether oxygens (including phenoxy) is 1. The predicted octanol–water partition coefficient (Wildman–Crippen LogP) is 2.93. The van der Waals surface area contributed by atoms with E-state index < -0.39 is 11.8 Å². The van der Waals surface area contributed by atoms with Gasteiger partial charge in [-0.05, 0) is 38.5 Å². The van der Waals surface area contributed by atoms with Crippen LogP contribution in [0.2, 0.25) is 0 Å². The lowest BCUT2D eigenvalue weighted by Crippen LogP contribution is -2.05. The number of halogens is 1. The molecular formula is C11H15FO2. The molecule has 0 radical (unpaired) electrons. The van der Waals surface area contributed by atoms with Crippen LogP contribution in [-0.4, -0.2) is 12.6 Å². The van der Waals surface area contributed by atoms with Crippen molar-refractivity contribution in [1.82, 2.24) is 0 Å². The average molecular weight is 198 g/mol. The van der Waals surface area contributed by atoms with Gasteiger partial charge >= 0.3 is 5.97 Å². The molecule has 0 saturated carbocycles.